The Hall–Kier alpha value is -1.61. The highest BCUT2D eigenvalue weighted by molar-refractivity contribution is 5.70. The highest BCUT2D eigenvalue weighted by Crippen LogP contribution is 2.20. The van der Waals surface area contributed by atoms with Gasteiger partial charge in [-0.1, -0.05) is 0 Å². The van der Waals surface area contributed by atoms with E-state index in [4.69, 9.17) is 15.2 Å². The molecule has 2 aliphatic heterocycles. The number of hydrogen-bond donors (Lipinski definition) is 1. The third-order valence-electron chi connectivity index (χ3n) is 3.39. The summed E-state index contributed by atoms with van der Waals surface area (Å²) in [4.78, 5) is 24.7. The molecule has 2 N–H and O–H groups in total. The van der Waals surface area contributed by atoms with Crippen molar-refractivity contribution in [2.45, 2.75) is 38.8 Å². The SMILES string of the molecule is CC(C)(C)OC(=O)N1CCN(N2CC(CN)OC2=O)CC1F. The number of halogens is 1. The average molecular weight is 318 g/mol. The van der Waals surface area contributed by atoms with Crippen LogP contribution in [0.3, 0.4) is 0 Å². The standard InChI is InChI=1S/C13H23FN4O4/c1-13(2,3)22-11(19)17-5-4-16(8-10(17)14)18-7-9(6-15)21-12(18)20/h9-10H,4-8,15H2,1-3H3. The Morgan fingerprint density at radius 3 is 2.59 bits per heavy atom. The van der Waals surface area contributed by atoms with E-state index in [1.54, 1.807) is 25.8 Å². The summed E-state index contributed by atoms with van der Waals surface area (Å²) >= 11 is 0. The number of ether oxygens (including phenoxy) is 2. The van der Waals surface area contributed by atoms with Crippen molar-refractivity contribution in [1.29, 1.82) is 0 Å². The molecule has 2 heterocycles. The Morgan fingerprint density at radius 1 is 1.41 bits per heavy atom. The Bertz CT molecular complexity index is 442. The largest absolute Gasteiger partial charge is 0.444 e. The summed E-state index contributed by atoms with van der Waals surface area (Å²) < 4.78 is 24.5. The zero-order valence-electron chi connectivity index (χ0n) is 13.1. The minimum atomic E-state index is -1.55. The van der Waals surface area contributed by atoms with Crippen LogP contribution in [-0.4, -0.2) is 77.8 Å². The lowest BCUT2D eigenvalue weighted by Gasteiger charge is -2.40. The summed E-state index contributed by atoms with van der Waals surface area (Å²) in [5.74, 6) is 0. The Morgan fingerprint density at radius 2 is 2.09 bits per heavy atom. The lowest BCUT2D eigenvalue weighted by molar-refractivity contribution is -0.0798. The fraction of sp³-hybridized carbons (Fsp3) is 0.846. The molecule has 2 saturated heterocycles. The first-order valence-corrected chi connectivity index (χ1v) is 7.28. The second-order valence-electron chi connectivity index (χ2n) is 6.34. The summed E-state index contributed by atoms with van der Waals surface area (Å²) in [7, 11) is 0. The molecule has 0 spiro atoms. The van der Waals surface area contributed by atoms with Crippen LogP contribution in [0.5, 0.6) is 0 Å². The number of cyclic esters (lactones) is 1. The van der Waals surface area contributed by atoms with Crippen molar-refractivity contribution < 1.29 is 23.5 Å². The molecule has 2 unspecified atom stereocenters. The molecule has 2 rings (SSSR count). The molecule has 0 saturated carbocycles. The molecule has 0 aromatic heterocycles. The number of carbonyl (C=O) groups excluding carboxylic acids is 2. The number of piperazine rings is 1. The van der Waals surface area contributed by atoms with E-state index in [0.29, 0.717) is 13.1 Å². The van der Waals surface area contributed by atoms with Crippen molar-refractivity contribution in [1.82, 2.24) is 14.9 Å². The van der Waals surface area contributed by atoms with Gasteiger partial charge in [-0.2, -0.15) is 0 Å². The topological polar surface area (TPSA) is 88.3 Å². The van der Waals surface area contributed by atoms with Crippen LogP contribution in [0.25, 0.3) is 0 Å². The monoisotopic (exact) mass is 318 g/mol. The zero-order chi connectivity index (χ0) is 16.5. The van der Waals surface area contributed by atoms with E-state index >= 15 is 0 Å². The first-order chi connectivity index (χ1) is 10.2. The second-order valence-corrected chi connectivity index (χ2v) is 6.34. The van der Waals surface area contributed by atoms with Crippen LogP contribution < -0.4 is 5.73 Å². The van der Waals surface area contributed by atoms with E-state index in [1.807, 2.05) is 0 Å². The van der Waals surface area contributed by atoms with E-state index in [-0.39, 0.29) is 25.7 Å². The predicted molar refractivity (Wildman–Crippen MR) is 75.4 cm³/mol. The molecule has 2 atom stereocenters. The normalized spacial score (nSPS) is 27.0. The molecule has 2 fully saturated rings. The molecule has 9 heteroatoms. The van der Waals surface area contributed by atoms with Gasteiger partial charge in [-0.3, -0.25) is 4.90 Å². The third-order valence-corrected chi connectivity index (χ3v) is 3.39. The van der Waals surface area contributed by atoms with Crippen molar-refractivity contribution >= 4 is 12.2 Å². The maximum Gasteiger partial charge on any atom is 0.424 e. The maximum atomic E-state index is 14.3. The van der Waals surface area contributed by atoms with Crippen LogP contribution in [0, 0.1) is 0 Å². The highest BCUT2D eigenvalue weighted by atomic mass is 19.1. The number of amides is 2. The smallest absolute Gasteiger partial charge is 0.424 e. The molecule has 126 valence electrons. The van der Waals surface area contributed by atoms with Gasteiger partial charge in [0.25, 0.3) is 0 Å². The van der Waals surface area contributed by atoms with Gasteiger partial charge in [0.15, 0.2) is 6.30 Å². The van der Waals surface area contributed by atoms with E-state index in [0.717, 1.165) is 4.90 Å². The van der Waals surface area contributed by atoms with Gasteiger partial charge in [0.1, 0.15) is 11.7 Å². The van der Waals surface area contributed by atoms with Crippen LogP contribution in [0.4, 0.5) is 14.0 Å². The van der Waals surface area contributed by atoms with Crippen molar-refractivity contribution in [2.75, 3.05) is 32.7 Å². The zero-order valence-corrected chi connectivity index (χ0v) is 13.1. The maximum absolute atomic E-state index is 14.3. The van der Waals surface area contributed by atoms with E-state index in [1.165, 1.54) is 5.01 Å². The number of carbonyl (C=O) groups is 2. The molecule has 0 aromatic rings. The molecule has 2 aliphatic rings. The number of nitrogens with zero attached hydrogens (tertiary/aromatic N) is 3. The summed E-state index contributed by atoms with van der Waals surface area (Å²) in [6.45, 7) is 6.04. The van der Waals surface area contributed by atoms with Gasteiger partial charge < -0.3 is 15.2 Å². The van der Waals surface area contributed by atoms with Crippen molar-refractivity contribution in [3.05, 3.63) is 0 Å². The Kier molecular flexibility index (Phi) is 4.76. The lowest BCUT2D eigenvalue weighted by atomic mass is 10.2. The predicted octanol–water partition coefficient (Wildman–Crippen LogP) is 0.529. The van der Waals surface area contributed by atoms with Gasteiger partial charge in [-0.05, 0) is 20.8 Å². The van der Waals surface area contributed by atoms with E-state index < -0.39 is 24.1 Å². The van der Waals surface area contributed by atoms with Crippen LogP contribution >= 0.6 is 0 Å². The fourth-order valence-corrected chi connectivity index (χ4v) is 2.33. The first kappa shape index (κ1) is 16.8. The summed E-state index contributed by atoms with van der Waals surface area (Å²) in [6, 6.07) is 0. The number of rotatable bonds is 2. The summed E-state index contributed by atoms with van der Waals surface area (Å²) in [5.41, 5.74) is 4.79. The van der Waals surface area contributed by atoms with Crippen LogP contribution in [0.2, 0.25) is 0 Å². The molecule has 0 bridgehead atoms. The third kappa shape index (κ3) is 3.77. The molecular formula is C13H23FN4O4. The molecule has 8 nitrogen and oxygen atoms in total. The van der Waals surface area contributed by atoms with Gasteiger partial charge in [-0.25, -0.2) is 24.0 Å². The van der Waals surface area contributed by atoms with Gasteiger partial charge in [0.2, 0.25) is 0 Å². The molecular weight excluding hydrogens is 295 g/mol. The first-order valence-electron chi connectivity index (χ1n) is 7.28. The Balaban J connectivity index is 1.93. The minimum absolute atomic E-state index is 0.106. The van der Waals surface area contributed by atoms with E-state index in [2.05, 4.69) is 0 Å². The van der Waals surface area contributed by atoms with Gasteiger partial charge in [0, 0.05) is 19.6 Å². The number of alkyl halides is 1. The molecule has 0 aliphatic carbocycles. The van der Waals surface area contributed by atoms with Crippen LogP contribution in [0.15, 0.2) is 0 Å². The Labute approximate surface area is 128 Å². The summed E-state index contributed by atoms with van der Waals surface area (Å²) in [6.07, 6.45) is -3.15. The van der Waals surface area contributed by atoms with Gasteiger partial charge in [-0.15, -0.1) is 0 Å². The van der Waals surface area contributed by atoms with Crippen LogP contribution in [-0.2, 0) is 9.47 Å². The van der Waals surface area contributed by atoms with E-state index in [9.17, 15) is 14.0 Å². The molecule has 22 heavy (non-hydrogen) atoms. The van der Waals surface area contributed by atoms with Gasteiger partial charge >= 0.3 is 12.2 Å². The van der Waals surface area contributed by atoms with Crippen LogP contribution in [0.1, 0.15) is 20.8 Å². The fourth-order valence-electron chi connectivity index (χ4n) is 2.33. The molecule has 0 radical (unpaired) electrons. The number of hydrazine groups is 1. The second kappa shape index (κ2) is 6.25. The van der Waals surface area contributed by atoms with Crippen molar-refractivity contribution in [2.24, 2.45) is 5.73 Å². The highest BCUT2D eigenvalue weighted by Gasteiger charge is 2.40. The summed E-state index contributed by atoms with van der Waals surface area (Å²) in [5, 5.41) is 2.89. The number of hydrogen-bond acceptors (Lipinski definition) is 6. The average Bonchev–Trinajstić information content (AvgIpc) is 2.77. The molecule has 0 aromatic carbocycles. The van der Waals surface area contributed by atoms with Gasteiger partial charge in [0.05, 0.1) is 13.1 Å². The quantitative estimate of drug-likeness (QED) is 0.747. The molecule has 2 amide bonds. The van der Waals surface area contributed by atoms with Crippen molar-refractivity contribution in [3.63, 3.8) is 0 Å². The lowest BCUT2D eigenvalue weighted by Crippen LogP contribution is -2.59. The van der Waals surface area contributed by atoms with Crippen molar-refractivity contribution in [3.8, 4) is 0 Å². The number of nitrogens with two attached hydrogens (primary N) is 1. The minimum Gasteiger partial charge on any atom is -0.444 e.